The number of ketones is 1. The van der Waals surface area contributed by atoms with E-state index in [-0.39, 0.29) is 47.3 Å². The van der Waals surface area contributed by atoms with Crippen molar-refractivity contribution in [1.82, 2.24) is 14.9 Å². The number of nitrogens with zero attached hydrogens (tertiary/aromatic N) is 3. The molecule has 0 amide bonds. The summed E-state index contributed by atoms with van der Waals surface area (Å²) in [6, 6.07) is 0.419. The predicted molar refractivity (Wildman–Crippen MR) is 184 cm³/mol. The van der Waals surface area contributed by atoms with Gasteiger partial charge in [0.05, 0.1) is 53.9 Å². The second kappa shape index (κ2) is 11.4. The van der Waals surface area contributed by atoms with E-state index in [0.29, 0.717) is 53.6 Å². The zero-order valence-electron chi connectivity index (χ0n) is 30.4. The van der Waals surface area contributed by atoms with Gasteiger partial charge < -0.3 is 24.1 Å². The van der Waals surface area contributed by atoms with E-state index in [0.717, 1.165) is 63.7 Å². The van der Waals surface area contributed by atoms with Gasteiger partial charge in [0.1, 0.15) is 17.8 Å². The molecule has 10 nitrogen and oxygen atoms in total. The lowest BCUT2D eigenvalue weighted by molar-refractivity contribution is -0.155. The van der Waals surface area contributed by atoms with Crippen molar-refractivity contribution in [2.45, 2.75) is 129 Å². The van der Waals surface area contributed by atoms with E-state index in [9.17, 15) is 14.7 Å². The number of hydrogen-bond acceptors (Lipinski definition) is 10. The van der Waals surface area contributed by atoms with Gasteiger partial charge in [-0.2, -0.15) is 0 Å². The Bertz CT molecular complexity index is 1660. The third-order valence-electron chi connectivity index (χ3n) is 15.2. The average Bonchev–Trinajstić information content (AvgIpc) is 3.32. The maximum atomic E-state index is 14.7. The molecule has 1 spiro atoms. The highest BCUT2D eigenvalue weighted by molar-refractivity contribution is 6.24. The van der Waals surface area contributed by atoms with Gasteiger partial charge in [-0.05, 0) is 107 Å². The number of hydrogen-bond donors (Lipinski definition) is 1. The van der Waals surface area contributed by atoms with Crippen LogP contribution in [0.2, 0.25) is 0 Å². The smallest absolute Gasteiger partial charge is 0.335 e. The number of epoxide rings is 1. The number of rotatable bonds is 7. The number of carbonyl (C=O) groups excluding carboxylic acids is 2. The van der Waals surface area contributed by atoms with Crippen LogP contribution >= 0.6 is 0 Å². The summed E-state index contributed by atoms with van der Waals surface area (Å²) in [6.07, 6.45) is 10.8. The molecule has 5 heterocycles. The van der Waals surface area contributed by atoms with Crippen molar-refractivity contribution in [2.24, 2.45) is 40.4 Å². The van der Waals surface area contributed by atoms with E-state index in [1.807, 2.05) is 13.8 Å². The van der Waals surface area contributed by atoms with Gasteiger partial charge >= 0.3 is 5.97 Å². The molecule has 13 atom stereocenters. The zero-order valence-corrected chi connectivity index (χ0v) is 30.4. The van der Waals surface area contributed by atoms with Crippen molar-refractivity contribution in [1.29, 1.82) is 0 Å². The van der Waals surface area contributed by atoms with Gasteiger partial charge in [0.15, 0.2) is 17.4 Å². The Labute approximate surface area is 295 Å². The number of aliphatic hydroxyl groups excluding tert-OH is 1. The molecule has 4 aliphatic carbocycles. The van der Waals surface area contributed by atoms with Gasteiger partial charge in [-0.3, -0.25) is 9.69 Å². The number of aromatic nitrogens is 2. The first kappa shape index (κ1) is 33.2. The Kier molecular flexibility index (Phi) is 7.58. The van der Waals surface area contributed by atoms with Gasteiger partial charge in [0.2, 0.25) is 0 Å². The number of likely N-dealkylation sites (tertiary alicyclic amines) is 1. The van der Waals surface area contributed by atoms with Crippen molar-refractivity contribution in [3.63, 3.8) is 0 Å². The van der Waals surface area contributed by atoms with Crippen molar-refractivity contribution in [3.05, 3.63) is 35.4 Å². The minimum atomic E-state index is -0.901. The summed E-state index contributed by atoms with van der Waals surface area (Å²) in [5.41, 5.74) is 0.734. The molecule has 10 heteroatoms. The van der Waals surface area contributed by atoms with Gasteiger partial charge in [-0.15, -0.1) is 0 Å². The van der Waals surface area contributed by atoms with Crippen LogP contribution in [0.1, 0.15) is 92.3 Å². The van der Waals surface area contributed by atoms with Crippen LogP contribution in [0.3, 0.4) is 0 Å². The first-order valence-electron chi connectivity index (χ1n) is 19.2. The van der Waals surface area contributed by atoms with Crippen LogP contribution in [0.25, 0.3) is 5.57 Å². The van der Waals surface area contributed by atoms with Crippen LogP contribution in [0, 0.1) is 40.4 Å². The molecular weight excluding hydrogens is 634 g/mol. The molecule has 3 unspecified atom stereocenters. The Hall–Kier alpha value is -2.66. The third kappa shape index (κ3) is 4.59. The highest BCUT2D eigenvalue weighted by Gasteiger charge is 2.81. The molecule has 6 fully saturated rings. The molecule has 4 aliphatic heterocycles. The molecule has 2 bridgehead atoms. The van der Waals surface area contributed by atoms with E-state index in [1.165, 1.54) is 5.57 Å². The van der Waals surface area contributed by atoms with E-state index < -0.39 is 17.1 Å². The molecule has 270 valence electrons. The summed E-state index contributed by atoms with van der Waals surface area (Å²) in [5.74, 6) is 2.24. The molecule has 3 saturated carbocycles. The second-order valence-electron chi connectivity index (χ2n) is 17.7. The molecule has 50 heavy (non-hydrogen) atoms. The monoisotopic (exact) mass is 687 g/mol. The Morgan fingerprint density at radius 1 is 1.08 bits per heavy atom. The molecule has 0 radical (unpaired) electrons. The number of esters is 1. The van der Waals surface area contributed by atoms with Crippen molar-refractivity contribution >= 4 is 17.3 Å². The minimum absolute atomic E-state index is 0.00878. The summed E-state index contributed by atoms with van der Waals surface area (Å²) in [5, 5.41) is 11.7. The zero-order chi connectivity index (χ0) is 34.9. The van der Waals surface area contributed by atoms with Crippen LogP contribution in [-0.2, 0) is 23.8 Å². The van der Waals surface area contributed by atoms with E-state index in [1.54, 1.807) is 18.5 Å². The fourth-order valence-corrected chi connectivity index (χ4v) is 12.6. The van der Waals surface area contributed by atoms with Gasteiger partial charge in [-0.1, -0.05) is 19.4 Å². The molecule has 1 aromatic heterocycles. The highest BCUT2D eigenvalue weighted by Crippen LogP contribution is 2.73. The molecule has 1 aromatic rings. The maximum Gasteiger partial charge on any atom is 0.335 e. The summed E-state index contributed by atoms with van der Waals surface area (Å²) in [7, 11) is 0. The topological polar surface area (TPSA) is 124 Å². The molecule has 1 N–H and O–H groups in total. The standard InChI is InChI=1S/C40H53N3O7/c1-20(2)48-25-15-41-36(42-16-25)27-13-33(44)40-34(50-40)14-26-30-8-7-29(38(30,5)10-9-31(26)39(40,6)35(27)45)22(4)32-11-21(3)28(37(46)49-32)18-43-17-24-12-23(43)19-47-24/h13,15-16,20,22-24,26,29-34,44H,7-12,14,17-19H2,1-6H3/t22-,23?,24?,26-,29+,30-,31-,32?,33-,34+,38+,39-,40+/m0/s1. The molecule has 0 aromatic carbocycles. The number of ether oxygens (including phenoxy) is 4. The first-order valence-corrected chi connectivity index (χ1v) is 19.2. The number of allylic oxidation sites excluding steroid dienone is 1. The Morgan fingerprint density at radius 3 is 2.54 bits per heavy atom. The summed E-state index contributed by atoms with van der Waals surface area (Å²) in [4.78, 5) is 39.7. The van der Waals surface area contributed by atoms with Gasteiger partial charge in [-0.25, -0.2) is 14.8 Å². The third-order valence-corrected chi connectivity index (χ3v) is 15.2. The normalized spacial score (nSPS) is 45.4. The fraction of sp³-hybridized carbons (Fsp3) is 0.750. The summed E-state index contributed by atoms with van der Waals surface area (Å²) < 4.78 is 24.3. The van der Waals surface area contributed by atoms with E-state index in [2.05, 4.69) is 42.6 Å². The number of morpholine rings is 1. The highest BCUT2D eigenvalue weighted by atomic mass is 16.6. The van der Waals surface area contributed by atoms with Crippen LogP contribution in [0.4, 0.5) is 0 Å². The number of fused-ring (bicyclic) bond motifs is 6. The van der Waals surface area contributed by atoms with Crippen LogP contribution < -0.4 is 4.74 Å². The lowest BCUT2D eigenvalue weighted by atomic mass is 9.43. The first-order chi connectivity index (χ1) is 23.8. The van der Waals surface area contributed by atoms with E-state index in [4.69, 9.17) is 18.9 Å². The fourth-order valence-electron chi connectivity index (χ4n) is 12.6. The summed E-state index contributed by atoms with van der Waals surface area (Å²) in [6.45, 7) is 15.2. The van der Waals surface area contributed by atoms with Crippen molar-refractivity contribution in [2.75, 3.05) is 19.7 Å². The maximum absolute atomic E-state index is 14.7. The molecular formula is C40H53N3O7. The number of aliphatic hydroxyl groups is 1. The minimum Gasteiger partial charge on any atom is -0.488 e. The second-order valence-corrected chi connectivity index (χ2v) is 17.7. The molecule has 9 rings (SSSR count). The van der Waals surface area contributed by atoms with E-state index >= 15 is 0 Å². The quantitative estimate of drug-likeness (QED) is 0.312. The Morgan fingerprint density at radius 2 is 1.86 bits per heavy atom. The molecule has 3 saturated heterocycles. The largest absolute Gasteiger partial charge is 0.488 e. The number of cyclic esters (lactones) is 1. The molecule has 8 aliphatic rings. The SMILES string of the molecule is CC1=C(CN2CC3CC2CO3)C(=O)OC([C@@H](C)[C@H]2CC[C@H]3[C@@H]4C[C@H]5O[C@]56[C@@H](O)C=C(c5ncc(OC(C)C)cn5)C(=O)[C@]6(C)[C@H]4CC[C@]23C)C1. The lowest BCUT2D eigenvalue weighted by Gasteiger charge is -2.58. The van der Waals surface area contributed by atoms with Crippen molar-refractivity contribution in [3.8, 4) is 5.75 Å². The van der Waals surface area contributed by atoms with Crippen LogP contribution in [-0.4, -0.2) is 93.6 Å². The number of Topliss-reactive ketones (excluding diaryl/α,β-unsaturated/α-hetero) is 1. The van der Waals surface area contributed by atoms with Crippen LogP contribution in [0.5, 0.6) is 5.75 Å². The van der Waals surface area contributed by atoms with Gasteiger partial charge in [0.25, 0.3) is 0 Å². The van der Waals surface area contributed by atoms with Crippen LogP contribution in [0.15, 0.2) is 29.6 Å². The lowest BCUT2D eigenvalue weighted by Crippen LogP contribution is -2.64. The Balaban J connectivity index is 0.937. The number of carbonyl (C=O) groups is 2. The van der Waals surface area contributed by atoms with Gasteiger partial charge in [0, 0.05) is 25.6 Å². The average molecular weight is 688 g/mol. The van der Waals surface area contributed by atoms with Crippen molar-refractivity contribution < 1.29 is 33.6 Å². The predicted octanol–water partition coefficient (Wildman–Crippen LogP) is 4.94. The summed E-state index contributed by atoms with van der Waals surface area (Å²) >= 11 is 0.